The second-order valence-electron chi connectivity index (χ2n) is 5.57. The molecule has 1 amide bonds. The van der Waals surface area contributed by atoms with E-state index in [2.05, 4.69) is 5.32 Å². The molecule has 0 fully saturated rings. The van der Waals surface area contributed by atoms with Gasteiger partial charge in [0.05, 0.1) is 18.8 Å². The van der Waals surface area contributed by atoms with Crippen LogP contribution in [0.4, 0.5) is 5.69 Å². The Hall–Kier alpha value is -2.47. The average molecular weight is 359 g/mol. The zero-order valence-electron chi connectivity index (χ0n) is 14.2. The molecule has 5 nitrogen and oxygen atoms in total. The predicted molar refractivity (Wildman–Crippen MR) is 100 cm³/mol. The predicted octanol–water partition coefficient (Wildman–Crippen LogP) is 3.76. The summed E-state index contributed by atoms with van der Waals surface area (Å²) < 4.78 is 5.13. The number of amides is 1. The van der Waals surface area contributed by atoms with Crippen molar-refractivity contribution in [3.63, 3.8) is 0 Å². The minimum absolute atomic E-state index is 0.0606. The Morgan fingerprint density at radius 2 is 1.92 bits per heavy atom. The molecular weight excluding hydrogens is 338 g/mol. The summed E-state index contributed by atoms with van der Waals surface area (Å²) in [7, 11) is 1.60. The van der Waals surface area contributed by atoms with E-state index in [1.54, 1.807) is 7.11 Å². The third-order valence-corrected chi connectivity index (χ3v) is 4.69. The molecule has 2 aromatic rings. The number of hydrogen-bond donors (Lipinski definition) is 2. The van der Waals surface area contributed by atoms with Crippen molar-refractivity contribution in [2.24, 2.45) is 0 Å². The quantitative estimate of drug-likeness (QED) is 0.751. The number of hydrogen-bond acceptors (Lipinski definition) is 4. The van der Waals surface area contributed by atoms with Gasteiger partial charge >= 0.3 is 5.97 Å². The first-order valence-corrected chi connectivity index (χ1v) is 8.98. The first kappa shape index (κ1) is 18.9. The highest BCUT2D eigenvalue weighted by atomic mass is 32.2. The van der Waals surface area contributed by atoms with E-state index in [1.165, 1.54) is 11.8 Å². The number of carboxylic acid groups (broad SMARTS) is 1. The van der Waals surface area contributed by atoms with Crippen molar-refractivity contribution in [3.8, 4) is 5.75 Å². The molecule has 2 aromatic carbocycles. The number of methoxy groups -OCH3 is 1. The lowest BCUT2D eigenvalue weighted by Gasteiger charge is -2.14. The minimum Gasteiger partial charge on any atom is -0.497 e. The molecular formula is C19H21NO4S. The van der Waals surface area contributed by atoms with Crippen LogP contribution in [0.15, 0.2) is 48.5 Å². The number of ether oxygens (including phenoxy) is 1. The number of benzene rings is 2. The second-order valence-corrected chi connectivity index (χ2v) is 6.56. The van der Waals surface area contributed by atoms with Gasteiger partial charge in [0.2, 0.25) is 5.91 Å². The van der Waals surface area contributed by atoms with Crippen LogP contribution < -0.4 is 10.1 Å². The second kappa shape index (κ2) is 9.13. The van der Waals surface area contributed by atoms with Gasteiger partial charge in [-0.3, -0.25) is 9.59 Å². The van der Waals surface area contributed by atoms with Crippen molar-refractivity contribution in [3.05, 3.63) is 59.7 Å². The zero-order valence-corrected chi connectivity index (χ0v) is 15.0. The van der Waals surface area contributed by atoms with Crippen molar-refractivity contribution in [2.75, 3.05) is 18.2 Å². The van der Waals surface area contributed by atoms with Crippen LogP contribution in [0.3, 0.4) is 0 Å². The Bertz CT molecular complexity index is 730. The van der Waals surface area contributed by atoms with Gasteiger partial charge in [0.25, 0.3) is 0 Å². The van der Waals surface area contributed by atoms with Crippen LogP contribution in [0.2, 0.25) is 0 Å². The highest BCUT2D eigenvalue weighted by Gasteiger charge is 2.15. The number of carbonyl (C=O) groups is 2. The van der Waals surface area contributed by atoms with Crippen LogP contribution in [-0.2, 0) is 15.3 Å². The van der Waals surface area contributed by atoms with Gasteiger partial charge in [-0.2, -0.15) is 0 Å². The van der Waals surface area contributed by atoms with E-state index in [-0.39, 0.29) is 17.6 Å². The first-order chi connectivity index (χ1) is 12.0. The molecule has 1 unspecified atom stereocenters. The molecule has 0 radical (unpaired) electrons. The van der Waals surface area contributed by atoms with E-state index in [0.717, 1.165) is 16.9 Å². The topological polar surface area (TPSA) is 75.6 Å². The molecule has 0 aliphatic rings. The fourth-order valence-electron chi connectivity index (χ4n) is 2.29. The van der Waals surface area contributed by atoms with Crippen LogP contribution in [0.25, 0.3) is 0 Å². The molecule has 0 bridgehead atoms. The largest absolute Gasteiger partial charge is 0.497 e. The van der Waals surface area contributed by atoms with E-state index < -0.39 is 5.97 Å². The number of nitrogens with one attached hydrogen (secondary N) is 1. The van der Waals surface area contributed by atoms with E-state index in [4.69, 9.17) is 9.84 Å². The summed E-state index contributed by atoms with van der Waals surface area (Å²) >= 11 is 1.32. The molecule has 0 saturated carbocycles. The van der Waals surface area contributed by atoms with Crippen LogP contribution >= 0.6 is 11.8 Å². The van der Waals surface area contributed by atoms with Crippen molar-refractivity contribution < 1.29 is 19.4 Å². The highest BCUT2D eigenvalue weighted by Crippen LogP contribution is 2.22. The highest BCUT2D eigenvalue weighted by molar-refractivity contribution is 7.99. The number of carboxylic acids is 1. The summed E-state index contributed by atoms with van der Waals surface area (Å²) in [6.07, 6.45) is 0. The Morgan fingerprint density at radius 3 is 2.56 bits per heavy atom. The Labute approximate surface area is 151 Å². The molecule has 0 aliphatic heterocycles. The average Bonchev–Trinajstić information content (AvgIpc) is 2.61. The number of anilines is 1. The van der Waals surface area contributed by atoms with Gasteiger partial charge in [-0.1, -0.05) is 24.3 Å². The summed E-state index contributed by atoms with van der Waals surface area (Å²) in [4.78, 5) is 23.0. The van der Waals surface area contributed by atoms with Crippen molar-refractivity contribution >= 4 is 29.3 Å². The molecule has 0 spiro atoms. The third kappa shape index (κ3) is 5.83. The summed E-state index contributed by atoms with van der Waals surface area (Å²) in [5, 5.41) is 11.6. The van der Waals surface area contributed by atoms with E-state index in [0.29, 0.717) is 11.4 Å². The van der Waals surface area contributed by atoms with Crippen LogP contribution in [0, 0.1) is 0 Å². The Kier molecular flexibility index (Phi) is 6.89. The number of aliphatic carboxylic acids is 1. The lowest BCUT2D eigenvalue weighted by molar-refractivity contribution is -0.133. The van der Waals surface area contributed by atoms with E-state index >= 15 is 0 Å². The van der Waals surface area contributed by atoms with Gasteiger partial charge < -0.3 is 15.2 Å². The molecule has 2 N–H and O–H groups in total. The molecule has 0 aliphatic carbocycles. The van der Waals surface area contributed by atoms with Crippen molar-refractivity contribution in [1.29, 1.82) is 0 Å². The van der Waals surface area contributed by atoms with E-state index in [1.807, 2.05) is 55.5 Å². The molecule has 25 heavy (non-hydrogen) atoms. The summed E-state index contributed by atoms with van der Waals surface area (Å²) in [5.41, 5.74) is 2.59. The van der Waals surface area contributed by atoms with Crippen LogP contribution in [0.5, 0.6) is 5.75 Å². The standard InChI is InChI=1S/C19H21NO4S/c1-13(15-6-8-17(24-2)9-7-15)19(23)20-16-5-3-4-14(10-16)11-25-12-18(21)22/h3-10,13H,11-12H2,1-2H3,(H,20,23)(H,21,22). The smallest absolute Gasteiger partial charge is 0.313 e. The van der Waals surface area contributed by atoms with Gasteiger partial charge in [-0.25, -0.2) is 0 Å². The van der Waals surface area contributed by atoms with Crippen molar-refractivity contribution in [1.82, 2.24) is 0 Å². The third-order valence-electron chi connectivity index (χ3n) is 3.70. The van der Waals surface area contributed by atoms with E-state index in [9.17, 15) is 9.59 Å². The molecule has 0 aromatic heterocycles. The van der Waals surface area contributed by atoms with Gasteiger partial charge in [-0.15, -0.1) is 11.8 Å². The van der Waals surface area contributed by atoms with Crippen LogP contribution in [-0.4, -0.2) is 29.8 Å². The Balaban J connectivity index is 1.97. The maximum atomic E-state index is 12.5. The monoisotopic (exact) mass is 359 g/mol. The molecule has 1 atom stereocenters. The SMILES string of the molecule is COc1ccc(C(C)C(=O)Nc2cccc(CSCC(=O)O)c2)cc1. The first-order valence-electron chi connectivity index (χ1n) is 7.83. The minimum atomic E-state index is -0.831. The lowest BCUT2D eigenvalue weighted by atomic mass is 10.00. The number of thioether (sulfide) groups is 1. The maximum absolute atomic E-state index is 12.5. The van der Waals surface area contributed by atoms with Crippen molar-refractivity contribution in [2.45, 2.75) is 18.6 Å². The molecule has 0 saturated heterocycles. The molecule has 2 rings (SSSR count). The lowest BCUT2D eigenvalue weighted by Crippen LogP contribution is -2.18. The van der Waals surface area contributed by atoms with Gasteiger partial charge in [0, 0.05) is 11.4 Å². The summed E-state index contributed by atoms with van der Waals surface area (Å²) in [6.45, 7) is 1.85. The fourth-order valence-corrected chi connectivity index (χ4v) is 2.98. The molecule has 6 heteroatoms. The van der Waals surface area contributed by atoms with Crippen LogP contribution in [0.1, 0.15) is 24.0 Å². The Morgan fingerprint density at radius 1 is 1.20 bits per heavy atom. The van der Waals surface area contributed by atoms with Gasteiger partial charge in [0.15, 0.2) is 0 Å². The van der Waals surface area contributed by atoms with Gasteiger partial charge in [-0.05, 0) is 42.3 Å². The molecule has 0 heterocycles. The molecule has 132 valence electrons. The number of carbonyl (C=O) groups excluding carboxylic acids is 1. The van der Waals surface area contributed by atoms with Gasteiger partial charge in [0.1, 0.15) is 5.75 Å². The zero-order chi connectivity index (χ0) is 18.2. The maximum Gasteiger partial charge on any atom is 0.313 e. The number of rotatable bonds is 8. The normalized spacial score (nSPS) is 11.6. The summed E-state index contributed by atoms with van der Waals surface area (Å²) in [6, 6.07) is 14.9. The fraction of sp³-hybridized carbons (Fsp3) is 0.263. The summed E-state index contributed by atoms with van der Waals surface area (Å²) in [5.74, 6) is 0.178.